The van der Waals surface area contributed by atoms with Crippen LogP contribution in [0.15, 0.2) is 53.0 Å². The molecule has 0 heterocycles. The summed E-state index contributed by atoms with van der Waals surface area (Å²) in [6.45, 7) is 0.237. The molecule has 3 rings (SSSR count). The second-order valence-electron chi connectivity index (χ2n) is 5.91. The highest BCUT2D eigenvalue weighted by molar-refractivity contribution is 9.10. The Morgan fingerprint density at radius 1 is 1.08 bits per heavy atom. The van der Waals surface area contributed by atoms with Gasteiger partial charge in [-0.15, -0.1) is 0 Å². The van der Waals surface area contributed by atoms with Crippen LogP contribution in [0, 0.1) is 5.92 Å². The molecule has 1 N–H and O–H groups in total. The lowest BCUT2D eigenvalue weighted by molar-refractivity contribution is -0.137. The molecule has 0 spiro atoms. The summed E-state index contributed by atoms with van der Waals surface area (Å²) in [6.07, 6.45) is -3.53. The van der Waals surface area contributed by atoms with E-state index in [4.69, 9.17) is 0 Å². The van der Waals surface area contributed by atoms with Crippen LogP contribution >= 0.6 is 15.9 Å². The standard InChI is InChI=1S/C18H15BrF3NO/c19-14-7-3-12(4-8-14)15-9-16(15)17(24)23-10-11-1-5-13(6-2-11)18(20,21)22/h1-8,15-16H,9-10H2,(H,23,24). The second kappa shape index (κ2) is 6.59. The van der Waals surface area contributed by atoms with E-state index >= 15 is 0 Å². The van der Waals surface area contributed by atoms with Crippen LogP contribution in [-0.4, -0.2) is 5.91 Å². The molecule has 1 aliphatic rings. The van der Waals surface area contributed by atoms with Crippen LogP contribution in [0.25, 0.3) is 0 Å². The van der Waals surface area contributed by atoms with Gasteiger partial charge in [0, 0.05) is 16.9 Å². The minimum atomic E-state index is -4.34. The van der Waals surface area contributed by atoms with Crippen LogP contribution in [0.4, 0.5) is 13.2 Å². The molecular weight excluding hydrogens is 383 g/mol. The maximum atomic E-state index is 12.5. The van der Waals surface area contributed by atoms with E-state index < -0.39 is 11.7 Å². The first-order valence-electron chi connectivity index (χ1n) is 7.54. The smallest absolute Gasteiger partial charge is 0.352 e. The van der Waals surface area contributed by atoms with Crippen molar-refractivity contribution in [2.75, 3.05) is 0 Å². The topological polar surface area (TPSA) is 29.1 Å². The van der Waals surface area contributed by atoms with E-state index in [0.717, 1.165) is 28.6 Å². The third kappa shape index (κ3) is 3.98. The van der Waals surface area contributed by atoms with Crippen molar-refractivity contribution in [2.24, 2.45) is 5.92 Å². The average Bonchev–Trinajstić information content (AvgIpc) is 3.33. The van der Waals surface area contributed by atoms with Crippen LogP contribution in [0.2, 0.25) is 0 Å². The van der Waals surface area contributed by atoms with E-state index in [1.54, 1.807) is 0 Å². The third-order valence-electron chi connectivity index (χ3n) is 4.17. The van der Waals surface area contributed by atoms with Crippen molar-refractivity contribution in [1.82, 2.24) is 5.32 Å². The maximum Gasteiger partial charge on any atom is 0.416 e. The molecule has 126 valence electrons. The monoisotopic (exact) mass is 397 g/mol. The van der Waals surface area contributed by atoms with Gasteiger partial charge in [0.2, 0.25) is 5.91 Å². The van der Waals surface area contributed by atoms with Gasteiger partial charge in [-0.25, -0.2) is 0 Å². The Balaban J connectivity index is 1.52. The molecule has 24 heavy (non-hydrogen) atoms. The Labute approximate surface area is 146 Å². The molecule has 1 saturated carbocycles. The number of alkyl halides is 3. The number of carbonyl (C=O) groups is 1. The van der Waals surface area contributed by atoms with Crippen molar-refractivity contribution >= 4 is 21.8 Å². The van der Waals surface area contributed by atoms with Gasteiger partial charge in [0.1, 0.15) is 0 Å². The van der Waals surface area contributed by atoms with Crippen molar-refractivity contribution in [3.63, 3.8) is 0 Å². The number of hydrogen-bond acceptors (Lipinski definition) is 1. The van der Waals surface area contributed by atoms with E-state index in [-0.39, 0.29) is 24.3 Å². The summed E-state index contributed by atoms with van der Waals surface area (Å²) in [5.74, 6) is 0.120. The van der Waals surface area contributed by atoms with Gasteiger partial charge in [-0.3, -0.25) is 4.79 Å². The van der Waals surface area contributed by atoms with Crippen LogP contribution in [-0.2, 0) is 17.5 Å². The van der Waals surface area contributed by atoms with E-state index in [9.17, 15) is 18.0 Å². The van der Waals surface area contributed by atoms with E-state index in [2.05, 4.69) is 21.2 Å². The van der Waals surface area contributed by atoms with Crippen molar-refractivity contribution < 1.29 is 18.0 Å². The summed E-state index contributed by atoms with van der Waals surface area (Å²) in [4.78, 5) is 12.2. The summed E-state index contributed by atoms with van der Waals surface area (Å²) >= 11 is 3.38. The minimum absolute atomic E-state index is 0.0529. The Kier molecular flexibility index (Phi) is 4.67. The molecule has 2 aromatic rings. The van der Waals surface area contributed by atoms with Crippen molar-refractivity contribution in [3.8, 4) is 0 Å². The number of nitrogens with one attached hydrogen (secondary N) is 1. The fraction of sp³-hybridized carbons (Fsp3) is 0.278. The highest BCUT2D eigenvalue weighted by Crippen LogP contribution is 2.47. The number of carbonyl (C=O) groups excluding carboxylic acids is 1. The summed E-state index contributed by atoms with van der Waals surface area (Å²) in [5, 5.41) is 2.80. The lowest BCUT2D eigenvalue weighted by Gasteiger charge is -2.09. The van der Waals surface area contributed by atoms with Crippen LogP contribution in [0.3, 0.4) is 0 Å². The molecular formula is C18H15BrF3NO. The molecule has 0 saturated heterocycles. The predicted octanol–water partition coefficient (Wildman–Crippen LogP) is 4.89. The second-order valence-corrected chi connectivity index (χ2v) is 6.83. The summed E-state index contributed by atoms with van der Waals surface area (Å²) < 4.78 is 38.5. The summed E-state index contributed by atoms with van der Waals surface area (Å²) in [6, 6.07) is 12.7. The fourth-order valence-electron chi connectivity index (χ4n) is 2.69. The van der Waals surface area contributed by atoms with Crippen LogP contribution in [0.5, 0.6) is 0 Å². The fourth-order valence-corrected chi connectivity index (χ4v) is 2.96. The predicted molar refractivity (Wildman–Crippen MR) is 88.3 cm³/mol. The molecule has 6 heteroatoms. The zero-order valence-electron chi connectivity index (χ0n) is 12.6. The van der Waals surface area contributed by atoms with Gasteiger partial charge in [0.15, 0.2) is 0 Å². The Morgan fingerprint density at radius 2 is 1.71 bits per heavy atom. The molecule has 0 bridgehead atoms. The number of halogens is 4. The lowest BCUT2D eigenvalue weighted by atomic mass is 10.1. The number of amides is 1. The molecule has 2 unspecified atom stereocenters. The highest BCUT2D eigenvalue weighted by Gasteiger charge is 2.43. The molecule has 2 nitrogen and oxygen atoms in total. The van der Waals surface area contributed by atoms with Gasteiger partial charge in [0.05, 0.1) is 5.56 Å². The van der Waals surface area contributed by atoms with Crippen molar-refractivity contribution in [1.29, 1.82) is 0 Å². The molecule has 0 aliphatic heterocycles. The van der Waals surface area contributed by atoms with E-state index in [0.29, 0.717) is 5.56 Å². The van der Waals surface area contributed by atoms with E-state index in [1.165, 1.54) is 12.1 Å². The Morgan fingerprint density at radius 3 is 2.29 bits per heavy atom. The first kappa shape index (κ1) is 17.0. The highest BCUT2D eigenvalue weighted by atomic mass is 79.9. The molecule has 1 aliphatic carbocycles. The molecule has 1 amide bonds. The first-order valence-corrected chi connectivity index (χ1v) is 8.33. The minimum Gasteiger partial charge on any atom is -0.352 e. The number of benzene rings is 2. The van der Waals surface area contributed by atoms with Gasteiger partial charge in [-0.2, -0.15) is 13.2 Å². The maximum absolute atomic E-state index is 12.5. The molecule has 0 radical (unpaired) electrons. The summed E-state index contributed by atoms with van der Waals surface area (Å²) in [7, 11) is 0. The number of rotatable bonds is 4. The van der Waals surface area contributed by atoms with Gasteiger partial charge in [0.25, 0.3) is 0 Å². The Bertz CT molecular complexity index is 725. The molecule has 1 fully saturated rings. The van der Waals surface area contributed by atoms with Crippen LogP contribution in [0.1, 0.15) is 29.0 Å². The third-order valence-corrected chi connectivity index (χ3v) is 4.70. The summed E-state index contributed by atoms with van der Waals surface area (Å²) in [5.41, 5.74) is 1.10. The van der Waals surface area contributed by atoms with Crippen molar-refractivity contribution in [2.45, 2.75) is 25.1 Å². The zero-order chi connectivity index (χ0) is 17.3. The first-order chi connectivity index (χ1) is 11.3. The van der Waals surface area contributed by atoms with E-state index in [1.807, 2.05) is 24.3 Å². The van der Waals surface area contributed by atoms with Gasteiger partial charge < -0.3 is 5.32 Å². The normalized spacial score (nSPS) is 19.8. The van der Waals surface area contributed by atoms with Gasteiger partial charge >= 0.3 is 6.18 Å². The van der Waals surface area contributed by atoms with Gasteiger partial charge in [-0.05, 0) is 47.7 Å². The zero-order valence-corrected chi connectivity index (χ0v) is 14.2. The SMILES string of the molecule is O=C(NCc1ccc(C(F)(F)F)cc1)C1CC1c1ccc(Br)cc1. The lowest BCUT2D eigenvalue weighted by Crippen LogP contribution is -2.24. The molecule has 2 atom stereocenters. The number of hydrogen-bond donors (Lipinski definition) is 1. The molecule has 2 aromatic carbocycles. The van der Waals surface area contributed by atoms with Crippen LogP contribution < -0.4 is 5.32 Å². The average molecular weight is 398 g/mol. The Hall–Kier alpha value is -1.82. The molecule has 0 aromatic heterocycles. The largest absolute Gasteiger partial charge is 0.416 e. The van der Waals surface area contributed by atoms with Crippen molar-refractivity contribution in [3.05, 3.63) is 69.7 Å². The quantitative estimate of drug-likeness (QED) is 0.781. The van der Waals surface area contributed by atoms with Gasteiger partial charge in [-0.1, -0.05) is 40.2 Å².